The predicted molar refractivity (Wildman–Crippen MR) is 87.2 cm³/mol. The van der Waals surface area contributed by atoms with E-state index in [4.69, 9.17) is 0 Å². The highest BCUT2D eigenvalue weighted by Gasteiger charge is 2.30. The topological polar surface area (TPSA) is 41.4 Å². The van der Waals surface area contributed by atoms with Gasteiger partial charge in [-0.3, -0.25) is 9.48 Å². The van der Waals surface area contributed by atoms with Gasteiger partial charge in [0.05, 0.1) is 11.8 Å². The van der Waals surface area contributed by atoms with Gasteiger partial charge in [0, 0.05) is 31.0 Å². The molecule has 1 atom stereocenters. The Morgan fingerprint density at radius 1 is 1.36 bits per heavy atom. The largest absolute Gasteiger partial charge is 0.306 e. The van der Waals surface area contributed by atoms with Crippen molar-refractivity contribution in [1.29, 1.82) is 0 Å². The number of hydrogen-bond acceptors (Lipinski definition) is 3. The minimum absolute atomic E-state index is 0.0266. The van der Waals surface area contributed by atoms with Crippen LogP contribution in [0.25, 0.3) is 0 Å². The van der Waals surface area contributed by atoms with Crippen LogP contribution in [0.4, 0.5) is 5.69 Å². The molecule has 1 aliphatic heterocycles. The maximum Gasteiger partial charge on any atom is 0.261 e. The number of carbonyl (C=O) groups is 1. The molecule has 0 saturated carbocycles. The van der Waals surface area contributed by atoms with Crippen LogP contribution in [0, 0.1) is 0 Å². The van der Waals surface area contributed by atoms with E-state index in [1.54, 1.807) is 10.9 Å². The van der Waals surface area contributed by atoms with Crippen LogP contribution in [-0.4, -0.2) is 47.3 Å². The molecule has 0 bridgehead atoms. The molecule has 0 saturated heterocycles. The highest BCUT2D eigenvalue weighted by atomic mass is 16.2. The molecule has 1 aromatic heterocycles. The average Bonchev–Trinajstić information content (AvgIpc) is 3.02. The average molecular weight is 298 g/mol. The number of carbonyl (C=O) groups excluding carboxylic acids is 1. The van der Waals surface area contributed by atoms with E-state index in [0.29, 0.717) is 18.2 Å². The van der Waals surface area contributed by atoms with E-state index in [1.165, 1.54) is 5.56 Å². The molecule has 0 N–H and O–H groups in total. The molecule has 0 radical (unpaired) electrons. The number of anilines is 1. The lowest BCUT2D eigenvalue weighted by Gasteiger charge is -2.37. The first-order chi connectivity index (χ1) is 10.6. The van der Waals surface area contributed by atoms with Gasteiger partial charge in [-0.1, -0.05) is 18.2 Å². The third-order valence-electron chi connectivity index (χ3n) is 4.31. The number of nitrogens with zero attached hydrogens (tertiary/aromatic N) is 4. The lowest BCUT2D eigenvalue weighted by atomic mass is 9.96. The molecule has 1 aromatic carbocycles. The molecule has 0 aliphatic carbocycles. The number of likely N-dealkylation sites (N-methyl/N-ethyl adjacent to an activating group) is 1. The minimum Gasteiger partial charge on any atom is -0.306 e. The fourth-order valence-electron chi connectivity index (χ4n) is 2.92. The van der Waals surface area contributed by atoms with Crippen LogP contribution >= 0.6 is 0 Å². The molecule has 0 spiro atoms. The molecular formula is C17H22N4O. The molecule has 22 heavy (non-hydrogen) atoms. The molecule has 1 unspecified atom stereocenters. The van der Waals surface area contributed by atoms with Gasteiger partial charge in [-0.15, -0.1) is 0 Å². The third kappa shape index (κ3) is 2.64. The smallest absolute Gasteiger partial charge is 0.261 e. The number of para-hydroxylation sites is 1. The number of aromatic nitrogens is 2. The van der Waals surface area contributed by atoms with Gasteiger partial charge >= 0.3 is 0 Å². The van der Waals surface area contributed by atoms with E-state index in [9.17, 15) is 4.79 Å². The summed E-state index contributed by atoms with van der Waals surface area (Å²) in [7, 11) is 4.13. The highest BCUT2D eigenvalue weighted by Crippen LogP contribution is 2.29. The second-order valence-corrected chi connectivity index (χ2v) is 5.95. The maximum atomic E-state index is 12.9. The van der Waals surface area contributed by atoms with Crippen molar-refractivity contribution in [3.63, 3.8) is 0 Å². The zero-order valence-electron chi connectivity index (χ0n) is 13.4. The Balaban J connectivity index is 1.95. The van der Waals surface area contributed by atoms with Crippen LogP contribution in [0.3, 0.4) is 0 Å². The van der Waals surface area contributed by atoms with Crippen molar-refractivity contribution in [3.05, 3.63) is 47.8 Å². The van der Waals surface area contributed by atoms with Gasteiger partial charge in [-0.05, 0) is 39.1 Å². The SMILES string of the molecule is CCn1cc(C(=O)N2CC(N(C)C)Cc3ccccc32)cn1. The number of aryl methyl sites for hydroxylation is 1. The van der Waals surface area contributed by atoms with E-state index < -0.39 is 0 Å². The molecule has 2 heterocycles. The van der Waals surface area contributed by atoms with Crippen molar-refractivity contribution in [3.8, 4) is 0 Å². The van der Waals surface area contributed by atoms with Gasteiger partial charge in [-0.25, -0.2) is 0 Å². The van der Waals surface area contributed by atoms with E-state index in [2.05, 4.69) is 30.2 Å². The molecule has 1 aliphatic rings. The summed E-state index contributed by atoms with van der Waals surface area (Å²) in [4.78, 5) is 17.0. The molecule has 0 fully saturated rings. The standard InChI is InChI=1S/C17H22N4O/c1-4-20-11-14(10-18-20)17(22)21-12-15(19(2)3)9-13-7-5-6-8-16(13)21/h5-8,10-11,15H,4,9,12H2,1-3H3. The van der Waals surface area contributed by atoms with Gasteiger partial charge < -0.3 is 9.80 Å². The summed E-state index contributed by atoms with van der Waals surface area (Å²) in [5.41, 5.74) is 2.90. The number of fused-ring (bicyclic) bond motifs is 1. The van der Waals surface area contributed by atoms with Crippen molar-refractivity contribution in [1.82, 2.24) is 14.7 Å². The highest BCUT2D eigenvalue weighted by molar-refractivity contribution is 6.06. The summed E-state index contributed by atoms with van der Waals surface area (Å²) in [6.07, 6.45) is 4.46. The van der Waals surface area contributed by atoms with Crippen LogP contribution in [0.1, 0.15) is 22.8 Å². The maximum absolute atomic E-state index is 12.9. The Morgan fingerprint density at radius 2 is 2.14 bits per heavy atom. The molecular weight excluding hydrogens is 276 g/mol. The third-order valence-corrected chi connectivity index (χ3v) is 4.31. The predicted octanol–water partition coefficient (Wildman–Crippen LogP) is 2.04. The van der Waals surface area contributed by atoms with Crippen LogP contribution in [0.2, 0.25) is 0 Å². The Kier molecular flexibility index (Phi) is 3.98. The summed E-state index contributed by atoms with van der Waals surface area (Å²) in [6.45, 7) is 3.49. The summed E-state index contributed by atoms with van der Waals surface area (Å²) in [6, 6.07) is 8.50. The fourth-order valence-corrected chi connectivity index (χ4v) is 2.92. The number of hydrogen-bond donors (Lipinski definition) is 0. The first kappa shape index (κ1) is 14.8. The number of amides is 1. The number of rotatable bonds is 3. The summed E-state index contributed by atoms with van der Waals surface area (Å²) in [5.74, 6) is 0.0266. The summed E-state index contributed by atoms with van der Waals surface area (Å²) >= 11 is 0. The van der Waals surface area contributed by atoms with Crippen LogP contribution in [0.5, 0.6) is 0 Å². The van der Waals surface area contributed by atoms with E-state index in [-0.39, 0.29) is 5.91 Å². The molecule has 5 heteroatoms. The van der Waals surface area contributed by atoms with Crippen LogP contribution in [-0.2, 0) is 13.0 Å². The molecule has 1 amide bonds. The Bertz CT molecular complexity index is 677. The van der Waals surface area contributed by atoms with E-state index in [1.807, 2.05) is 36.2 Å². The Morgan fingerprint density at radius 3 is 2.82 bits per heavy atom. The van der Waals surface area contributed by atoms with Gasteiger partial charge in [0.1, 0.15) is 0 Å². The minimum atomic E-state index is 0.0266. The van der Waals surface area contributed by atoms with Crippen molar-refractivity contribution in [2.45, 2.75) is 25.9 Å². The lowest BCUT2D eigenvalue weighted by Crippen LogP contribution is -2.48. The van der Waals surface area contributed by atoms with Gasteiger partial charge in [-0.2, -0.15) is 5.10 Å². The Hall–Kier alpha value is -2.14. The van der Waals surface area contributed by atoms with Gasteiger partial charge in [0.15, 0.2) is 0 Å². The van der Waals surface area contributed by atoms with Gasteiger partial charge in [0.25, 0.3) is 5.91 Å². The number of benzene rings is 1. The monoisotopic (exact) mass is 298 g/mol. The molecule has 2 aromatic rings. The summed E-state index contributed by atoms with van der Waals surface area (Å²) < 4.78 is 1.78. The molecule has 5 nitrogen and oxygen atoms in total. The summed E-state index contributed by atoms with van der Waals surface area (Å²) in [5, 5.41) is 4.22. The Labute approximate surface area is 131 Å². The second kappa shape index (κ2) is 5.93. The van der Waals surface area contributed by atoms with Crippen LogP contribution in [0.15, 0.2) is 36.7 Å². The first-order valence-electron chi connectivity index (χ1n) is 7.68. The molecule has 3 rings (SSSR count). The van der Waals surface area contributed by atoms with Crippen LogP contribution < -0.4 is 4.90 Å². The molecule has 116 valence electrons. The van der Waals surface area contributed by atoms with Crippen molar-refractivity contribution >= 4 is 11.6 Å². The second-order valence-electron chi connectivity index (χ2n) is 5.95. The quantitative estimate of drug-likeness (QED) is 0.871. The van der Waals surface area contributed by atoms with Crippen molar-refractivity contribution in [2.75, 3.05) is 25.5 Å². The zero-order valence-corrected chi connectivity index (χ0v) is 13.4. The zero-order chi connectivity index (χ0) is 15.7. The van der Waals surface area contributed by atoms with Crippen molar-refractivity contribution < 1.29 is 4.79 Å². The first-order valence-corrected chi connectivity index (χ1v) is 7.68. The lowest BCUT2D eigenvalue weighted by molar-refractivity contribution is 0.0976. The normalized spacial score (nSPS) is 17.6. The van der Waals surface area contributed by atoms with Crippen molar-refractivity contribution in [2.24, 2.45) is 0 Å². The van der Waals surface area contributed by atoms with E-state index >= 15 is 0 Å². The van der Waals surface area contributed by atoms with Gasteiger partial charge in [0.2, 0.25) is 0 Å². The fraction of sp³-hybridized carbons (Fsp3) is 0.412. The van der Waals surface area contributed by atoms with E-state index in [0.717, 1.165) is 18.7 Å².